The summed E-state index contributed by atoms with van der Waals surface area (Å²) in [5.74, 6) is -0.427. The fraction of sp³-hybridized carbons (Fsp3) is 0.250. The van der Waals surface area contributed by atoms with Crippen LogP contribution in [0.1, 0.15) is 64.0 Å². The lowest BCUT2D eigenvalue weighted by Crippen LogP contribution is -2.29. The summed E-state index contributed by atoms with van der Waals surface area (Å²) in [6.07, 6.45) is 2.19. The Balaban J connectivity index is 1.66. The number of esters is 1. The first-order chi connectivity index (χ1) is 19.7. The van der Waals surface area contributed by atoms with E-state index < -0.39 is 5.97 Å². The quantitative estimate of drug-likeness (QED) is 0.206. The molecule has 1 fully saturated rings. The van der Waals surface area contributed by atoms with Gasteiger partial charge in [-0.25, -0.2) is 4.79 Å². The number of amides is 1. The molecule has 2 N–H and O–H groups in total. The Morgan fingerprint density at radius 3 is 2.49 bits per heavy atom. The maximum atomic E-state index is 12.7. The number of benzene rings is 2. The zero-order valence-corrected chi connectivity index (χ0v) is 24.6. The second kappa shape index (κ2) is 11.5. The first kappa shape index (κ1) is 28.0. The van der Waals surface area contributed by atoms with Crippen molar-refractivity contribution in [2.75, 3.05) is 17.3 Å². The molecule has 1 aliphatic heterocycles. The van der Waals surface area contributed by atoms with Crippen molar-refractivity contribution in [3.05, 3.63) is 107 Å². The Bertz CT molecular complexity index is 1630. The van der Waals surface area contributed by atoms with Gasteiger partial charge in [0.05, 0.1) is 36.1 Å². The van der Waals surface area contributed by atoms with Crippen molar-refractivity contribution >= 4 is 40.6 Å². The summed E-state index contributed by atoms with van der Waals surface area (Å²) < 4.78 is 7.17. The second-order valence-electron chi connectivity index (χ2n) is 10.1. The van der Waals surface area contributed by atoms with Gasteiger partial charge in [-0.05, 0) is 92.6 Å². The van der Waals surface area contributed by atoms with E-state index in [0.29, 0.717) is 17.1 Å². The standard InChI is InChI=1S/C32H33N5O3S/c1-6-28(38)34-25-15-14-22(17-19(25)2)37-30(29(35-32(37)41)26-12-9-10-16-33-26)24-18-20(3)36(21(24)4)27-13-8-7-11-23(27)31(39)40-5/h7-18,29-30H,6H2,1-5H3,(H,34,38)(H,35,41)/t29-,30-/m0/s1. The fourth-order valence-corrected chi connectivity index (χ4v) is 5.88. The van der Waals surface area contributed by atoms with Crippen LogP contribution in [0.15, 0.2) is 72.9 Å². The number of hydrogen-bond acceptors (Lipinski definition) is 5. The highest BCUT2D eigenvalue weighted by atomic mass is 32.1. The molecular weight excluding hydrogens is 534 g/mol. The molecule has 2 aromatic heterocycles. The van der Waals surface area contributed by atoms with Gasteiger partial charge in [-0.2, -0.15) is 0 Å². The highest BCUT2D eigenvalue weighted by Gasteiger charge is 2.42. The number of carbonyl (C=O) groups excluding carboxylic acids is 2. The van der Waals surface area contributed by atoms with E-state index in [4.69, 9.17) is 17.0 Å². The van der Waals surface area contributed by atoms with E-state index in [9.17, 15) is 9.59 Å². The number of thiocarbonyl (C=S) groups is 1. The monoisotopic (exact) mass is 567 g/mol. The second-order valence-corrected chi connectivity index (χ2v) is 10.5. The van der Waals surface area contributed by atoms with Gasteiger partial charge in [0.25, 0.3) is 0 Å². The number of carbonyl (C=O) groups is 2. The van der Waals surface area contributed by atoms with Gasteiger partial charge in [0.2, 0.25) is 5.91 Å². The van der Waals surface area contributed by atoms with Crippen molar-refractivity contribution in [3.8, 4) is 5.69 Å². The van der Waals surface area contributed by atoms with Gasteiger partial charge in [-0.15, -0.1) is 0 Å². The topological polar surface area (TPSA) is 88.5 Å². The van der Waals surface area contributed by atoms with Crippen LogP contribution in [0, 0.1) is 20.8 Å². The molecule has 3 heterocycles. The SMILES string of the molecule is CCC(=O)Nc1ccc(N2C(=S)N[C@@H](c3ccccn3)[C@@H]2c2cc(C)n(-c3ccccc3C(=O)OC)c2C)cc1C. The van der Waals surface area contributed by atoms with Gasteiger partial charge in [-0.1, -0.05) is 25.1 Å². The molecule has 2 atom stereocenters. The number of pyridine rings is 1. The average Bonchev–Trinajstić information content (AvgIpc) is 3.48. The highest BCUT2D eigenvalue weighted by Crippen LogP contribution is 2.44. The number of methoxy groups -OCH3 is 1. The Kier molecular flexibility index (Phi) is 7.90. The number of aromatic nitrogens is 2. The van der Waals surface area contributed by atoms with E-state index in [1.54, 1.807) is 12.3 Å². The van der Waals surface area contributed by atoms with Gasteiger partial charge < -0.3 is 24.8 Å². The lowest BCUT2D eigenvalue weighted by atomic mass is 9.96. The van der Waals surface area contributed by atoms with Crippen LogP contribution in [0.2, 0.25) is 0 Å². The average molecular weight is 568 g/mol. The summed E-state index contributed by atoms with van der Waals surface area (Å²) in [5, 5.41) is 7.06. The van der Waals surface area contributed by atoms with Crippen LogP contribution in [0.3, 0.4) is 0 Å². The summed E-state index contributed by atoms with van der Waals surface area (Å²) in [6.45, 7) is 7.89. The molecule has 210 valence electrons. The summed E-state index contributed by atoms with van der Waals surface area (Å²) in [7, 11) is 1.39. The Hall–Kier alpha value is -4.50. The van der Waals surface area contributed by atoms with E-state index >= 15 is 0 Å². The Morgan fingerprint density at radius 2 is 1.80 bits per heavy atom. The maximum Gasteiger partial charge on any atom is 0.339 e. The zero-order valence-electron chi connectivity index (χ0n) is 23.8. The predicted octanol–water partition coefficient (Wildman–Crippen LogP) is 6.11. The van der Waals surface area contributed by atoms with Crippen molar-refractivity contribution < 1.29 is 14.3 Å². The Morgan fingerprint density at radius 1 is 1.05 bits per heavy atom. The molecule has 0 saturated carbocycles. The molecular formula is C32H33N5O3S. The molecule has 0 bridgehead atoms. The summed E-state index contributed by atoms with van der Waals surface area (Å²) in [4.78, 5) is 31.5. The number of hydrogen-bond donors (Lipinski definition) is 2. The highest BCUT2D eigenvalue weighted by molar-refractivity contribution is 7.80. The summed E-state index contributed by atoms with van der Waals surface area (Å²) >= 11 is 5.94. The molecule has 8 nitrogen and oxygen atoms in total. The molecule has 2 aromatic carbocycles. The first-order valence-electron chi connectivity index (χ1n) is 13.5. The number of rotatable bonds is 7. The van der Waals surface area contributed by atoms with Gasteiger partial charge in [0.1, 0.15) is 0 Å². The number of ether oxygens (including phenoxy) is 1. The predicted molar refractivity (Wildman–Crippen MR) is 165 cm³/mol. The minimum atomic E-state index is -0.392. The third-order valence-electron chi connectivity index (χ3n) is 7.52. The lowest BCUT2D eigenvalue weighted by molar-refractivity contribution is -0.115. The van der Waals surface area contributed by atoms with Crippen molar-refractivity contribution in [3.63, 3.8) is 0 Å². The largest absolute Gasteiger partial charge is 0.465 e. The number of aryl methyl sites for hydroxylation is 2. The van der Waals surface area contributed by atoms with Crippen LogP contribution in [0.4, 0.5) is 11.4 Å². The number of anilines is 2. The van der Waals surface area contributed by atoms with Gasteiger partial charge in [0, 0.05) is 35.4 Å². The van der Waals surface area contributed by atoms with Crippen molar-refractivity contribution in [2.24, 2.45) is 0 Å². The number of nitrogens with one attached hydrogen (secondary N) is 2. The van der Waals surface area contributed by atoms with Crippen LogP contribution in [0.5, 0.6) is 0 Å². The number of para-hydroxylation sites is 1. The van der Waals surface area contributed by atoms with Crippen molar-refractivity contribution in [1.29, 1.82) is 0 Å². The van der Waals surface area contributed by atoms with Gasteiger partial charge in [-0.3, -0.25) is 9.78 Å². The Labute approximate surface area is 245 Å². The van der Waals surface area contributed by atoms with Crippen molar-refractivity contribution in [1.82, 2.24) is 14.9 Å². The summed E-state index contributed by atoms with van der Waals surface area (Å²) in [6, 6.07) is 20.9. The molecule has 0 unspecified atom stereocenters. The molecule has 0 aliphatic carbocycles. The molecule has 0 radical (unpaired) electrons. The third kappa shape index (κ3) is 5.20. The van der Waals surface area contributed by atoms with Gasteiger partial charge in [0.15, 0.2) is 5.11 Å². The molecule has 1 saturated heterocycles. The fourth-order valence-electron chi connectivity index (χ4n) is 5.53. The van der Waals surface area contributed by atoms with Crippen LogP contribution in [-0.4, -0.2) is 33.6 Å². The molecule has 5 rings (SSSR count). The van der Waals surface area contributed by atoms with E-state index in [1.165, 1.54) is 7.11 Å². The maximum absolute atomic E-state index is 12.7. The molecule has 1 amide bonds. The summed E-state index contributed by atoms with van der Waals surface area (Å²) in [5.41, 5.74) is 7.71. The minimum absolute atomic E-state index is 0.0352. The van der Waals surface area contributed by atoms with E-state index in [1.807, 2.05) is 75.4 Å². The third-order valence-corrected chi connectivity index (χ3v) is 7.84. The van der Waals surface area contributed by atoms with Gasteiger partial charge >= 0.3 is 5.97 Å². The molecule has 41 heavy (non-hydrogen) atoms. The normalized spacial score (nSPS) is 16.4. The molecule has 4 aromatic rings. The molecule has 0 spiro atoms. The minimum Gasteiger partial charge on any atom is -0.465 e. The van der Waals surface area contributed by atoms with Crippen LogP contribution in [-0.2, 0) is 9.53 Å². The lowest BCUT2D eigenvalue weighted by Gasteiger charge is -2.29. The van der Waals surface area contributed by atoms with E-state index in [0.717, 1.165) is 45.3 Å². The van der Waals surface area contributed by atoms with Crippen LogP contribution in [0.25, 0.3) is 5.69 Å². The number of nitrogens with zero attached hydrogens (tertiary/aromatic N) is 3. The van der Waals surface area contributed by atoms with E-state index in [-0.39, 0.29) is 18.0 Å². The smallest absolute Gasteiger partial charge is 0.339 e. The van der Waals surface area contributed by atoms with Crippen LogP contribution >= 0.6 is 12.2 Å². The molecule has 1 aliphatic rings. The van der Waals surface area contributed by atoms with E-state index in [2.05, 4.69) is 38.1 Å². The van der Waals surface area contributed by atoms with Crippen molar-refractivity contribution in [2.45, 2.75) is 46.2 Å². The first-order valence-corrected chi connectivity index (χ1v) is 13.9. The molecule has 9 heteroatoms. The zero-order chi connectivity index (χ0) is 29.3. The van der Waals surface area contributed by atoms with Crippen LogP contribution < -0.4 is 15.5 Å².